The third-order valence-corrected chi connectivity index (χ3v) is 3.85. The van der Waals surface area contributed by atoms with Crippen LogP contribution < -0.4 is 15.4 Å². The number of carbonyl (C=O) groups excluding carboxylic acids is 2. The van der Waals surface area contributed by atoms with Gasteiger partial charge in [0.25, 0.3) is 5.91 Å². The van der Waals surface area contributed by atoms with Gasteiger partial charge in [-0.2, -0.15) is 0 Å². The van der Waals surface area contributed by atoms with E-state index in [-0.39, 0.29) is 24.3 Å². The van der Waals surface area contributed by atoms with Crippen LogP contribution in [0.15, 0.2) is 54.6 Å². The van der Waals surface area contributed by atoms with E-state index >= 15 is 0 Å². The number of amides is 2. The first kappa shape index (κ1) is 20.5. The van der Waals surface area contributed by atoms with Gasteiger partial charge in [-0.15, -0.1) is 0 Å². The Hall–Kier alpha value is -2.86. The molecule has 144 valence electrons. The smallest absolute Gasteiger partial charge is 0.251 e. The van der Waals surface area contributed by atoms with Crippen molar-refractivity contribution in [2.45, 2.75) is 19.4 Å². The van der Waals surface area contributed by atoms with E-state index in [1.165, 1.54) is 0 Å². The quantitative estimate of drug-likeness (QED) is 0.713. The fourth-order valence-corrected chi connectivity index (χ4v) is 2.42. The number of nitrogens with one attached hydrogen (secondary N) is 2. The highest BCUT2D eigenvalue weighted by atomic mass is 16.5. The first-order valence-electron chi connectivity index (χ1n) is 8.97. The Morgan fingerprint density at radius 2 is 1.70 bits per heavy atom. The fraction of sp³-hybridized carbons (Fsp3) is 0.333. The lowest BCUT2D eigenvalue weighted by molar-refractivity contribution is -0.116. The van der Waals surface area contributed by atoms with Crippen molar-refractivity contribution in [3.05, 3.63) is 60.2 Å². The van der Waals surface area contributed by atoms with Crippen LogP contribution in [0.25, 0.3) is 0 Å². The van der Waals surface area contributed by atoms with Gasteiger partial charge in [0.2, 0.25) is 5.91 Å². The summed E-state index contributed by atoms with van der Waals surface area (Å²) in [4.78, 5) is 26.3. The minimum atomic E-state index is -0.272. The molecule has 0 aliphatic carbocycles. The number of rotatable bonds is 9. The second-order valence-electron chi connectivity index (χ2n) is 6.67. The molecule has 0 aromatic heterocycles. The Balaban J connectivity index is 1.76. The van der Waals surface area contributed by atoms with E-state index in [2.05, 4.69) is 10.6 Å². The van der Waals surface area contributed by atoms with Crippen LogP contribution in [0.2, 0.25) is 0 Å². The molecule has 0 fully saturated rings. The van der Waals surface area contributed by atoms with Crippen molar-refractivity contribution in [3.8, 4) is 5.75 Å². The molecular formula is C21H27N3O3. The fourth-order valence-electron chi connectivity index (χ4n) is 2.42. The number of carbonyl (C=O) groups is 2. The van der Waals surface area contributed by atoms with Crippen LogP contribution in [0.1, 0.15) is 23.7 Å². The van der Waals surface area contributed by atoms with Crippen molar-refractivity contribution in [2.75, 3.05) is 32.6 Å². The normalized spacial score (nSPS) is 11.7. The topological polar surface area (TPSA) is 70.7 Å². The molecule has 0 heterocycles. The summed E-state index contributed by atoms with van der Waals surface area (Å²) in [5.41, 5.74) is 1.27. The summed E-state index contributed by atoms with van der Waals surface area (Å²) < 4.78 is 5.63. The summed E-state index contributed by atoms with van der Waals surface area (Å²) in [6.07, 6.45) is 0.194. The van der Waals surface area contributed by atoms with E-state index in [0.29, 0.717) is 17.9 Å². The van der Waals surface area contributed by atoms with E-state index in [0.717, 1.165) is 12.3 Å². The molecule has 0 radical (unpaired) electrons. The molecule has 27 heavy (non-hydrogen) atoms. The number of nitrogens with zero attached hydrogens (tertiary/aromatic N) is 1. The first-order valence-corrected chi connectivity index (χ1v) is 8.97. The Morgan fingerprint density at radius 3 is 2.33 bits per heavy atom. The third-order valence-electron chi connectivity index (χ3n) is 3.85. The van der Waals surface area contributed by atoms with E-state index in [1.54, 1.807) is 36.4 Å². The number of hydrogen-bond acceptors (Lipinski definition) is 4. The second kappa shape index (κ2) is 10.3. The average molecular weight is 369 g/mol. The molecule has 1 atom stereocenters. The zero-order chi connectivity index (χ0) is 19.6. The predicted octanol–water partition coefficient (Wildman–Crippen LogP) is 2.77. The Kier molecular flexibility index (Phi) is 7.82. The molecule has 1 unspecified atom stereocenters. The highest BCUT2D eigenvalue weighted by Crippen LogP contribution is 2.16. The van der Waals surface area contributed by atoms with Gasteiger partial charge in [0.05, 0.1) is 0 Å². The lowest BCUT2D eigenvalue weighted by Crippen LogP contribution is -2.35. The number of anilines is 1. The predicted molar refractivity (Wildman–Crippen MR) is 107 cm³/mol. The van der Waals surface area contributed by atoms with Crippen LogP contribution >= 0.6 is 0 Å². The van der Waals surface area contributed by atoms with Crippen molar-refractivity contribution in [1.82, 2.24) is 10.2 Å². The van der Waals surface area contributed by atoms with Gasteiger partial charge in [-0.3, -0.25) is 9.59 Å². The van der Waals surface area contributed by atoms with Crippen molar-refractivity contribution in [2.24, 2.45) is 0 Å². The minimum absolute atomic E-state index is 0.155. The molecule has 2 N–H and O–H groups in total. The molecule has 6 heteroatoms. The van der Waals surface area contributed by atoms with E-state index in [4.69, 9.17) is 4.74 Å². The number of likely N-dealkylation sites (N-methyl/N-ethyl adjacent to an activating group) is 1. The Bertz CT molecular complexity index is 730. The average Bonchev–Trinajstić information content (AvgIpc) is 2.63. The van der Waals surface area contributed by atoms with E-state index in [9.17, 15) is 9.59 Å². The van der Waals surface area contributed by atoms with Gasteiger partial charge in [-0.25, -0.2) is 0 Å². The maximum atomic E-state index is 12.2. The van der Waals surface area contributed by atoms with Crippen LogP contribution in [-0.4, -0.2) is 50.0 Å². The van der Waals surface area contributed by atoms with Crippen molar-refractivity contribution in [1.29, 1.82) is 0 Å². The summed E-state index contributed by atoms with van der Waals surface area (Å²) in [7, 11) is 3.98. The summed E-state index contributed by atoms with van der Waals surface area (Å²) in [6.45, 7) is 3.25. The van der Waals surface area contributed by atoms with Gasteiger partial charge >= 0.3 is 0 Å². The lowest BCUT2D eigenvalue weighted by Gasteiger charge is -2.14. The van der Waals surface area contributed by atoms with Gasteiger partial charge in [0.1, 0.15) is 12.4 Å². The maximum Gasteiger partial charge on any atom is 0.251 e. The molecule has 6 nitrogen and oxygen atoms in total. The zero-order valence-corrected chi connectivity index (χ0v) is 16.1. The maximum absolute atomic E-state index is 12.2. The van der Waals surface area contributed by atoms with Gasteiger partial charge < -0.3 is 20.3 Å². The van der Waals surface area contributed by atoms with Crippen LogP contribution in [0.5, 0.6) is 5.75 Å². The SMILES string of the molecule is CC(CC(=O)Nc1ccc(OCCN(C)C)cc1)NC(=O)c1ccccc1. The highest BCUT2D eigenvalue weighted by molar-refractivity contribution is 5.95. The molecule has 2 aromatic carbocycles. The number of ether oxygens (including phenoxy) is 1. The number of hydrogen-bond donors (Lipinski definition) is 2. The minimum Gasteiger partial charge on any atom is -0.492 e. The standard InChI is InChI=1S/C21H27N3O3/c1-16(22-21(26)17-7-5-4-6-8-17)15-20(25)23-18-9-11-19(12-10-18)27-14-13-24(2)3/h4-12,16H,13-15H2,1-3H3,(H,22,26)(H,23,25). The molecule has 0 saturated carbocycles. The largest absolute Gasteiger partial charge is 0.492 e. The lowest BCUT2D eigenvalue weighted by atomic mass is 10.1. The van der Waals surface area contributed by atoms with Crippen molar-refractivity contribution >= 4 is 17.5 Å². The first-order chi connectivity index (χ1) is 12.9. The van der Waals surface area contributed by atoms with Crippen LogP contribution in [0, 0.1) is 0 Å². The third kappa shape index (κ3) is 7.50. The molecule has 2 amide bonds. The van der Waals surface area contributed by atoms with Crippen LogP contribution in [0.4, 0.5) is 5.69 Å². The highest BCUT2D eigenvalue weighted by Gasteiger charge is 2.13. The summed E-state index contributed by atoms with van der Waals surface area (Å²) in [5, 5.41) is 5.66. The molecule has 0 spiro atoms. The Morgan fingerprint density at radius 1 is 1.04 bits per heavy atom. The van der Waals surface area contributed by atoms with Crippen molar-refractivity contribution < 1.29 is 14.3 Å². The summed E-state index contributed by atoms with van der Waals surface area (Å²) in [6, 6.07) is 15.9. The number of benzene rings is 2. The van der Waals surface area contributed by atoms with E-state index in [1.807, 2.05) is 44.1 Å². The zero-order valence-electron chi connectivity index (χ0n) is 16.1. The Labute approximate surface area is 160 Å². The molecular weight excluding hydrogens is 342 g/mol. The molecule has 2 rings (SSSR count). The van der Waals surface area contributed by atoms with Gasteiger partial charge in [0, 0.05) is 30.3 Å². The monoisotopic (exact) mass is 369 g/mol. The molecule has 0 aliphatic heterocycles. The van der Waals surface area contributed by atoms with E-state index < -0.39 is 0 Å². The summed E-state index contributed by atoms with van der Waals surface area (Å²) >= 11 is 0. The van der Waals surface area contributed by atoms with Crippen molar-refractivity contribution in [3.63, 3.8) is 0 Å². The molecule has 2 aromatic rings. The van der Waals surface area contributed by atoms with Gasteiger partial charge in [-0.1, -0.05) is 18.2 Å². The van der Waals surface area contributed by atoms with Crippen LogP contribution in [0.3, 0.4) is 0 Å². The van der Waals surface area contributed by atoms with Gasteiger partial charge in [0.15, 0.2) is 0 Å². The van der Waals surface area contributed by atoms with Crippen LogP contribution in [-0.2, 0) is 4.79 Å². The second-order valence-corrected chi connectivity index (χ2v) is 6.67. The molecule has 0 bridgehead atoms. The molecule has 0 aliphatic rings. The van der Waals surface area contributed by atoms with Gasteiger partial charge in [-0.05, 0) is 57.4 Å². The summed E-state index contributed by atoms with van der Waals surface area (Å²) in [5.74, 6) is 0.422. The molecule has 0 saturated heterocycles.